The average Bonchev–Trinajstić information content (AvgIpc) is 2.72. The lowest BCUT2D eigenvalue weighted by Crippen LogP contribution is -2.13. The molecule has 1 amide bonds. The van der Waals surface area contributed by atoms with Crippen molar-refractivity contribution in [2.45, 2.75) is 0 Å². The zero-order valence-electron chi connectivity index (χ0n) is 15.5. The summed E-state index contributed by atoms with van der Waals surface area (Å²) < 4.78 is 10.6. The molecular weight excluding hydrogens is 364 g/mol. The highest BCUT2D eigenvalue weighted by atomic mass is 16.6. The topological polar surface area (TPSA) is 116 Å². The first kappa shape index (κ1) is 18.9. The van der Waals surface area contributed by atoms with Gasteiger partial charge in [-0.25, -0.2) is 0 Å². The number of pyridine rings is 1. The Hall–Kier alpha value is -3.88. The van der Waals surface area contributed by atoms with Crippen LogP contribution in [-0.2, 0) is 0 Å². The minimum absolute atomic E-state index is 0.0825. The molecule has 0 unspecified atom stereocenters. The zero-order valence-corrected chi connectivity index (χ0v) is 15.5. The molecule has 0 radical (unpaired) electrons. The summed E-state index contributed by atoms with van der Waals surface area (Å²) in [5, 5.41) is 17.3. The van der Waals surface area contributed by atoms with Crippen molar-refractivity contribution in [1.82, 2.24) is 4.98 Å². The van der Waals surface area contributed by atoms with Gasteiger partial charge in [-0.1, -0.05) is 0 Å². The van der Waals surface area contributed by atoms with Gasteiger partial charge in [0.1, 0.15) is 0 Å². The lowest BCUT2D eigenvalue weighted by atomic mass is 10.1. The Morgan fingerprint density at radius 3 is 2.32 bits per heavy atom. The Morgan fingerprint density at radius 1 is 1.11 bits per heavy atom. The van der Waals surface area contributed by atoms with Gasteiger partial charge in [0, 0.05) is 36.2 Å². The Kier molecular flexibility index (Phi) is 5.25. The lowest BCUT2D eigenvalue weighted by Gasteiger charge is -2.15. The number of rotatable bonds is 6. The Balaban J connectivity index is 1.98. The van der Waals surface area contributed by atoms with E-state index in [-0.39, 0.29) is 5.69 Å². The fourth-order valence-corrected chi connectivity index (χ4v) is 2.81. The Labute approximate surface area is 160 Å². The van der Waals surface area contributed by atoms with E-state index in [2.05, 4.69) is 15.6 Å². The van der Waals surface area contributed by atoms with E-state index >= 15 is 0 Å². The molecule has 1 aromatic heterocycles. The van der Waals surface area contributed by atoms with Gasteiger partial charge in [0.25, 0.3) is 11.6 Å². The number of ether oxygens (including phenoxy) is 2. The number of amides is 1. The molecule has 9 nitrogen and oxygen atoms in total. The van der Waals surface area contributed by atoms with Gasteiger partial charge in [0.15, 0.2) is 11.5 Å². The van der Waals surface area contributed by atoms with Crippen LogP contribution in [0.4, 0.5) is 17.1 Å². The number of nitro benzene ring substituents is 1. The minimum atomic E-state index is -0.518. The molecule has 0 aliphatic rings. The molecule has 0 fully saturated rings. The maximum Gasteiger partial charge on any atom is 0.269 e. The van der Waals surface area contributed by atoms with Gasteiger partial charge in [-0.05, 0) is 18.2 Å². The highest BCUT2D eigenvalue weighted by molar-refractivity contribution is 6.09. The van der Waals surface area contributed by atoms with E-state index in [9.17, 15) is 14.9 Å². The molecule has 0 bridgehead atoms. The highest BCUT2D eigenvalue weighted by Crippen LogP contribution is 2.37. The number of carbonyl (C=O) groups excluding carboxylic acids is 1. The van der Waals surface area contributed by atoms with Gasteiger partial charge in [-0.15, -0.1) is 0 Å². The molecule has 144 valence electrons. The van der Waals surface area contributed by atoms with Crippen LogP contribution in [0.1, 0.15) is 10.4 Å². The summed E-state index contributed by atoms with van der Waals surface area (Å²) in [5.74, 6) is 0.674. The largest absolute Gasteiger partial charge is 0.493 e. The monoisotopic (exact) mass is 382 g/mol. The number of fused-ring (bicyclic) bond motifs is 1. The van der Waals surface area contributed by atoms with Gasteiger partial charge in [-0.3, -0.25) is 19.9 Å². The number of anilines is 2. The molecule has 0 atom stereocenters. The molecule has 3 aromatic rings. The number of nitrogens with one attached hydrogen (secondary N) is 2. The van der Waals surface area contributed by atoms with E-state index in [1.165, 1.54) is 37.6 Å². The van der Waals surface area contributed by atoms with E-state index in [0.29, 0.717) is 34.0 Å². The number of benzene rings is 2. The van der Waals surface area contributed by atoms with Crippen LogP contribution in [0.5, 0.6) is 11.5 Å². The summed E-state index contributed by atoms with van der Waals surface area (Å²) in [7, 11) is 4.81. The molecule has 3 rings (SSSR count). The van der Waals surface area contributed by atoms with Crippen LogP contribution < -0.4 is 20.1 Å². The van der Waals surface area contributed by atoms with Crippen LogP contribution in [0.15, 0.2) is 42.6 Å². The van der Waals surface area contributed by atoms with E-state index in [0.717, 1.165) is 5.39 Å². The van der Waals surface area contributed by atoms with Crippen molar-refractivity contribution in [1.29, 1.82) is 0 Å². The molecule has 2 N–H and O–H groups in total. The standard InChI is InChI=1S/C19H18N4O5/c1-20-18-13-8-16(27-2)17(28-3)9-14(13)21-10-15(18)22-19(24)11-4-6-12(7-5-11)23(25)26/h4-10H,1-3H3,(H,20,21)(H,22,24). The van der Waals surface area contributed by atoms with Crippen molar-refractivity contribution >= 4 is 33.9 Å². The number of methoxy groups -OCH3 is 2. The molecule has 2 aromatic carbocycles. The molecule has 0 aliphatic heterocycles. The van der Waals surface area contributed by atoms with Crippen molar-refractivity contribution in [3.05, 3.63) is 58.3 Å². The van der Waals surface area contributed by atoms with Crippen molar-refractivity contribution < 1.29 is 19.2 Å². The van der Waals surface area contributed by atoms with Crippen LogP contribution in [0.2, 0.25) is 0 Å². The van der Waals surface area contributed by atoms with Gasteiger partial charge >= 0.3 is 0 Å². The Bertz CT molecular complexity index is 1050. The number of hydrogen-bond acceptors (Lipinski definition) is 7. The van der Waals surface area contributed by atoms with Gasteiger partial charge in [0.05, 0.1) is 42.2 Å². The molecule has 9 heteroatoms. The quantitative estimate of drug-likeness (QED) is 0.495. The molecule has 28 heavy (non-hydrogen) atoms. The number of carbonyl (C=O) groups is 1. The lowest BCUT2D eigenvalue weighted by molar-refractivity contribution is -0.384. The van der Waals surface area contributed by atoms with Gasteiger partial charge in [0.2, 0.25) is 0 Å². The number of nitrogens with zero attached hydrogens (tertiary/aromatic N) is 2. The van der Waals surface area contributed by atoms with Crippen molar-refractivity contribution in [2.75, 3.05) is 31.9 Å². The fraction of sp³-hybridized carbons (Fsp3) is 0.158. The van der Waals surface area contributed by atoms with Crippen molar-refractivity contribution in [3.8, 4) is 11.5 Å². The van der Waals surface area contributed by atoms with Crippen LogP contribution >= 0.6 is 0 Å². The smallest absolute Gasteiger partial charge is 0.269 e. The second kappa shape index (κ2) is 7.78. The highest BCUT2D eigenvalue weighted by Gasteiger charge is 2.16. The first-order chi connectivity index (χ1) is 13.5. The third kappa shape index (κ3) is 3.50. The molecule has 0 spiro atoms. The third-order valence-electron chi connectivity index (χ3n) is 4.21. The number of aromatic nitrogens is 1. The van der Waals surface area contributed by atoms with E-state index < -0.39 is 10.8 Å². The number of hydrogen-bond donors (Lipinski definition) is 2. The number of non-ortho nitro benzene ring substituents is 1. The van der Waals surface area contributed by atoms with Crippen LogP contribution in [-0.4, -0.2) is 37.1 Å². The molecule has 1 heterocycles. The SMILES string of the molecule is CNc1c(NC(=O)c2ccc([N+](=O)[O-])cc2)cnc2cc(OC)c(OC)cc12. The second-order valence-electron chi connectivity index (χ2n) is 5.78. The first-order valence-corrected chi connectivity index (χ1v) is 8.26. The number of nitro groups is 1. The van der Waals surface area contributed by atoms with E-state index in [4.69, 9.17) is 9.47 Å². The molecular formula is C19H18N4O5. The average molecular weight is 382 g/mol. The molecule has 0 saturated heterocycles. The summed E-state index contributed by atoms with van der Waals surface area (Å²) in [4.78, 5) is 27.2. The summed E-state index contributed by atoms with van der Waals surface area (Å²) in [6.45, 7) is 0. The third-order valence-corrected chi connectivity index (χ3v) is 4.21. The normalized spacial score (nSPS) is 10.4. The maximum absolute atomic E-state index is 12.5. The van der Waals surface area contributed by atoms with E-state index in [1.807, 2.05) is 0 Å². The van der Waals surface area contributed by atoms with Gasteiger partial charge in [-0.2, -0.15) is 0 Å². The summed E-state index contributed by atoms with van der Waals surface area (Å²) in [6, 6.07) is 8.88. The minimum Gasteiger partial charge on any atom is -0.493 e. The fourth-order valence-electron chi connectivity index (χ4n) is 2.81. The molecule has 0 aliphatic carbocycles. The van der Waals surface area contributed by atoms with Crippen LogP contribution in [0.3, 0.4) is 0 Å². The van der Waals surface area contributed by atoms with Crippen molar-refractivity contribution in [2.24, 2.45) is 0 Å². The van der Waals surface area contributed by atoms with Gasteiger partial charge < -0.3 is 20.1 Å². The summed E-state index contributed by atoms with van der Waals surface area (Å²) >= 11 is 0. The maximum atomic E-state index is 12.5. The second-order valence-corrected chi connectivity index (χ2v) is 5.78. The molecule has 0 saturated carbocycles. The predicted molar refractivity (Wildman–Crippen MR) is 105 cm³/mol. The van der Waals surface area contributed by atoms with E-state index in [1.54, 1.807) is 26.3 Å². The zero-order chi connectivity index (χ0) is 20.3. The summed E-state index contributed by atoms with van der Waals surface area (Å²) in [5.41, 5.74) is 1.99. The van der Waals surface area contributed by atoms with Crippen LogP contribution in [0.25, 0.3) is 10.9 Å². The van der Waals surface area contributed by atoms with Crippen molar-refractivity contribution in [3.63, 3.8) is 0 Å². The predicted octanol–water partition coefficient (Wildman–Crippen LogP) is 3.45. The Morgan fingerprint density at radius 2 is 1.75 bits per heavy atom. The van der Waals surface area contributed by atoms with Crippen LogP contribution in [0, 0.1) is 10.1 Å². The summed E-state index contributed by atoms with van der Waals surface area (Å²) in [6.07, 6.45) is 1.53. The first-order valence-electron chi connectivity index (χ1n) is 8.26.